The summed E-state index contributed by atoms with van der Waals surface area (Å²) in [5, 5.41) is 16.6. The maximum atomic E-state index is 12.1. The summed E-state index contributed by atoms with van der Waals surface area (Å²) in [5.41, 5.74) is 2.57. The van der Waals surface area contributed by atoms with Gasteiger partial charge in [0.05, 0.1) is 11.4 Å². The third-order valence-corrected chi connectivity index (χ3v) is 5.28. The van der Waals surface area contributed by atoms with Gasteiger partial charge in [0, 0.05) is 11.6 Å². The van der Waals surface area contributed by atoms with Gasteiger partial charge < -0.3 is 5.32 Å². The molecule has 1 saturated carbocycles. The molecule has 0 atom stereocenters. The maximum absolute atomic E-state index is 12.1. The van der Waals surface area contributed by atoms with Gasteiger partial charge in [-0.15, -0.1) is 10.2 Å². The largest absolute Gasteiger partial charge is 0.353 e. The summed E-state index contributed by atoms with van der Waals surface area (Å²) in [4.78, 5) is 12.1. The van der Waals surface area contributed by atoms with Crippen molar-refractivity contribution in [2.24, 2.45) is 0 Å². The Morgan fingerprint density at radius 1 is 1.12 bits per heavy atom. The maximum Gasteiger partial charge on any atom is 0.230 e. The number of carbonyl (C=O) groups excluding carboxylic acids is 1. The molecule has 1 fully saturated rings. The second-order valence-corrected chi connectivity index (χ2v) is 7.12. The van der Waals surface area contributed by atoms with Gasteiger partial charge in [-0.1, -0.05) is 54.9 Å². The standard InChI is InChI=1S/C18H19N5OS/c24-17(19-14-8-4-5-9-14)12-25-18-21-20-16-11-10-15(22-23(16)18)13-6-2-1-3-7-13/h1-3,6-7,10-11,14H,4-5,8-9,12H2,(H,19,24). The molecule has 2 heterocycles. The number of nitrogens with one attached hydrogen (secondary N) is 1. The second kappa shape index (κ2) is 7.23. The zero-order chi connectivity index (χ0) is 17.1. The number of hydrogen-bond donors (Lipinski definition) is 1. The Bertz CT molecular complexity index is 874. The summed E-state index contributed by atoms with van der Waals surface area (Å²) in [6.45, 7) is 0. The fourth-order valence-electron chi connectivity index (χ4n) is 3.09. The van der Waals surface area contributed by atoms with Crippen LogP contribution in [0.3, 0.4) is 0 Å². The Hall–Kier alpha value is -2.41. The van der Waals surface area contributed by atoms with Crippen molar-refractivity contribution in [1.82, 2.24) is 25.1 Å². The van der Waals surface area contributed by atoms with E-state index in [4.69, 9.17) is 0 Å². The van der Waals surface area contributed by atoms with Crippen LogP contribution >= 0.6 is 11.8 Å². The van der Waals surface area contributed by atoms with Crippen LogP contribution in [0.5, 0.6) is 0 Å². The van der Waals surface area contributed by atoms with E-state index in [-0.39, 0.29) is 5.91 Å². The lowest BCUT2D eigenvalue weighted by Crippen LogP contribution is -2.33. The molecule has 0 bridgehead atoms. The average molecular weight is 353 g/mol. The first kappa shape index (κ1) is 16.1. The van der Waals surface area contributed by atoms with Crippen LogP contribution in [-0.4, -0.2) is 37.5 Å². The number of rotatable bonds is 5. The summed E-state index contributed by atoms with van der Waals surface area (Å²) >= 11 is 1.37. The van der Waals surface area contributed by atoms with Crippen LogP contribution < -0.4 is 5.32 Å². The molecule has 25 heavy (non-hydrogen) atoms. The van der Waals surface area contributed by atoms with Crippen molar-refractivity contribution in [2.75, 3.05) is 5.75 Å². The van der Waals surface area contributed by atoms with E-state index in [9.17, 15) is 4.79 Å². The van der Waals surface area contributed by atoms with Crippen LogP contribution in [0, 0.1) is 0 Å². The topological polar surface area (TPSA) is 72.2 Å². The number of amides is 1. The van der Waals surface area contributed by atoms with Gasteiger partial charge >= 0.3 is 0 Å². The monoisotopic (exact) mass is 353 g/mol. The number of carbonyl (C=O) groups is 1. The Morgan fingerprint density at radius 3 is 2.72 bits per heavy atom. The number of nitrogens with zero attached hydrogens (tertiary/aromatic N) is 4. The van der Waals surface area contributed by atoms with Gasteiger partial charge in [0.15, 0.2) is 5.65 Å². The minimum absolute atomic E-state index is 0.0489. The Labute approximate surface area is 150 Å². The zero-order valence-electron chi connectivity index (χ0n) is 13.8. The van der Waals surface area contributed by atoms with E-state index in [1.165, 1.54) is 24.6 Å². The van der Waals surface area contributed by atoms with Crippen molar-refractivity contribution < 1.29 is 4.79 Å². The van der Waals surface area contributed by atoms with Crippen molar-refractivity contribution >= 4 is 23.3 Å². The van der Waals surface area contributed by atoms with Crippen molar-refractivity contribution in [1.29, 1.82) is 0 Å². The van der Waals surface area contributed by atoms with E-state index in [0.717, 1.165) is 24.1 Å². The summed E-state index contributed by atoms with van der Waals surface area (Å²) in [7, 11) is 0. The van der Waals surface area contributed by atoms with Crippen molar-refractivity contribution in [2.45, 2.75) is 36.9 Å². The number of hydrogen-bond acceptors (Lipinski definition) is 5. The number of thioether (sulfide) groups is 1. The molecule has 7 heteroatoms. The highest BCUT2D eigenvalue weighted by Gasteiger charge is 2.18. The highest BCUT2D eigenvalue weighted by molar-refractivity contribution is 7.99. The highest BCUT2D eigenvalue weighted by Crippen LogP contribution is 2.21. The number of fused-ring (bicyclic) bond motifs is 1. The molecule has 3 aromatic rings. The molecule has 1 amide bonds. The van der Waals surface area contributed by atoms with E-state index in [1.54, 1.807) is 4.52 Å². The van der Waals surface area contributed by atoms with E-state index in [2.05, 4.69) is 20.6 Å². The molecule has 0 spiro atoms. The first-order valence-corrected chi connectivity index (χ1v) is 9.48. The highest BCUT2D eigenvalue weighted by atomic mass is 32.2. The van der Waals surface area contributed by atoms with Gasteiger partial charge in [-0.2, -0.15) is 9.61 Å². The summed E-state index contributed by atoms with van der Waals surface area (Å²) in [6, 6.07) is 14.1. The summed E-state index contributed by atoms with van der Waals surface area (Å²) < 4.78 is 1.70. The first-order chi connectivity index (χ1) is 12.3. The molecule has 1 aliphatic rings. The van der Waals surface area contributed by atoms with Crippen molar-refractivity contribution in [3.8, 4) is 11.3 Å². The van der Waals surface area contributed by atoms with E-state index < -0.39 is 0 Å². The predicted molar refractivity (Wildman–Crippen MR) is 97.3 cm³/mol. The number of benzene rings is 1. The van der Waals surface area contributed by atoms with Gasteiger partial charge in [0.25, 0.3) is 0 Å². The summed E-state index contributed by atoms with van der Waals surface area (Å²) in [5.74, 6) is 0.377. The minimum Gasteiger partial charge on any atom is -0.353 e. The van der Waals surface area contributed by atoms with E-state index in [1.807, 2.05) is 42.5 Å². The molecule has 0 radical (unpaired) electrons. The average Bonchev–Trinajstić information content (AvgIpc) is 3.30. The molecule has 1 N–H and O–H groups in total. The Morgan fingerprint density at radius 2 is 1.92 bits per heavy atom. The van der Waals surface area contributed by atoms with Crippen molar-refractivity contribution in [3.63, 3.8) is 0 Å². The SMILES string of the molecule is O=C(CSc1nnc2ccc(-c3ccccc3)nn12)NC1CCCC1. The van der Waals surface area contributed by atoms with Gasteiger partial charge in [0.2, 0.25) is 11.1 Å². The van der Waals surface area contributed by atoms with Crippen LogP contribution in [0.15, 0.2) is 47.6 Å². The third kappa shape index (κ3) is 3.66. The fourth-order valence-corrected chi connectivity index (χ4v) is 3.79. The molecule has 2 aromatic heterocycles. The zero-order valence-corrected chi connectivity index (χ0v) is 14.6. The van der Waals surface area contributed by atoms with Gasteiger partial charge in [0.1, 0.15) is 0 Å². The molecular weight excluding hydrogens is 334 g/mol. The quantitative estimate of drug-likeness (QED) is 0.714. The molecule has 0 saturated heterocycles. The minimum atomic E-state index is 0.0489. The van der Waals surface area contributed by atoms with Crippen LogP contribution in [0.2, 0.25) is 0 Å². The molecule has 0 aliphatic heterocycles. The molecule has 128 valence electrons. The molecule has 0 unspecified atom stereocenters. The normalized spacial score (nSPS) is 14.9. The molecular formula is C18H19N5OS. The summed E-state index contributed by atoms with van der Waals surface area (Å²) in [6.07, 6.45) is 4.59. The third-order valence-electron chi connectivity index (χ3n) is 4.36. The van der Waals surface area contributed by atoms with Crippen LogP contribution in [-0.2, 0) is 4.79 Å². The molecule has 6 nitrogen and oxygen atoms in total. The predicted octanol–water partition coefficient (Wildman–Crippen LogP) is 2.94. The lowest BCUT2D eigenvalue weighted by atomic mass is 10.1. The van der Waals surface area contributed by atoms with Gasteiger partial charge in [-0.3, -0.25) is 4.79 Å². The van der Waals surface area contributed by atoms with E-state index >= 15 is 0 Å². The fraction of sp³-hybridized carbons (Fsp3) is 0.333. The number of aromatic nitrogens is 4. The molecule has 1 aromatic carbocycles. The molecule has 4 rings (SSSR count). The van der Waals surface area contributed by atoms with Gasteiger partial charge in [-0.05, 0) is 25.0 Å². The second-order valence-electron chi connectivity index (χ2n) is 6.17. The lowest BCUT2D eigenvalue weighted by Gasteiger charge is -2.10. The molecule has 1 aliphatic carbocycles. The smallest absolute Gasteiger partial charge is 0.230 e. The van der Waals surface area contributed by atoms with E-state index in [0.29, 0.717) is 22.6 Å². The van der Waals surface area contributed by atoms with Crippen LogP contribution in [0.1, 0.15) is 25.7 Å². The Balaban J connectivity index is 1.48. The Kier molecular flexibility index (Phi) is 4.65. The van der Waals surface area contributed by atoms with Crippen molar-refractivity contribution in [3.05, 3.63) is 42.5 Å². The lowest BCUT2D eigenvalue weighted by molar-refractivity contribution is -0.119. The van der Waals surface area contributed by atoms with Crippen LogP contribution in [0.4, 0.5) is 0 Å². The van der Waals surface area contributed by atoms with Gasteiger partial charge in [-0.25, -0.2) is 0 Å². The van der Waals surface area contributed by atoms with Crippen LogP contribution in [0.25, 0.3) is 16.9 Å². The first-order valence-electron chi connectivity index (χ1n) is 8.50.